The van der Waals surface area contributed by atoms with Crippen LogP contribution in [0.4, 0.5) is 0 Å². The summed E-state index contributed by atoms with van der Waals surface area (Å²) in [5.74, 6) is 1.93. The SMILES string of the molecule is CCCCCCNC(=NC)NCC(c1ccco1)N1CCCC1.I. The first-order valence-corrected chi connectivity index (χ1v) is 9.07. The first-order valence-electron chi connectivity index (χ1n) is 9.07. The van der Waals surface area contributed by atoms with Crippen LogP contribution in [0.3, 0.4) is 0 Å². The molecule has 138 valence electrons. The van der Waals surface area contributed by atoms with Gasteiger partial charge in [-0.3, -0.25) is 9.89 Å². The maximum absolute atomic E-state index is 5.66. The van der Waals surface area contributed by atoms with Crippen LogP contribution in [0.25, 0.3) is 0 Å². The minimum Gasteiger partial charge on any atom is -0.468 e. The van der Waals surface area contributed by atoms with E-state index in [2.05, 4.69) is 33.5 Å². The summed E-state index contributed by atoms with van der Waals surface area (Å²) in [7, 11) is 1.83. The van der Waals surface area contributed by atoms with Crippen LogP contribution in [0, 0.1) is 0 Å². The van der Waals surface area contributed by atoms with Crippen molar-refractivity contribution in [2.75, 3.05) is 33.2 Å². The van der Waals surface area contributed by atoms with Gasteiger partial charge in [0.05, 0.1) is 12.3 Å². The van der Waals surface area contributed by atoms with E-state index in [-0.39, 0.29) is 30.0 Å². The average molecular weight is 448 g/mol. The second-order valence-electron chi connectivity index (χ2n) is 6.21. The summed E-state index contributed by atoms with van der Waals surface area (Å²) in [5.41, 5.74) is 0. The number of rotatable bonds is 9. The number of unbranched alkanes of at least 4 members (excludes halogenated alkanes) is 3. The van der Waals surface area contributed by atoms with Crippen LogP contribution in [0.15, 0.2) is 27.8 Å². The lowest BCUT2D eigenvalue weighted by Gasteiger charge is -2.26. The predicted molar refractivity (Wildman–Crippen MR) is 111 cm³/mol. The van der Waals surface area contributed by atoms with Gasteiger partial charge < -0.3 is 15.1 Å². The molecular formula is C18H33IN4O. The van der Waals surface area contributed by atoms with Gasteiger partial charge in [0.25, 0.3) is 0 Å². The van der Waals surface area contributed by atoms with Crippen LogP contribution < -0.4 is 10.6 Å². The van der Waals surface area contributed by atoms with Crippen LogP contribution in [0.1, 0.15) is 57.3 Å². The van der Waals surface area contributed by atoms with Crippen molar-refractivity contribution in [2.24, 2.45) is 4.99 Å². The number of hydrogen-bond acceptors (Lipinski definition) is 3. The van der Waals surface area contributed by atoms with Crippen molar-refractivity contribution < 1.29 is 4.42 Å². The summed E-state index contributed by atoms with van der Waals surface area (Å²) in [4.78, 5) is 6.83. The normalized spacial score (nSPS) is 16.7. The number of guanidine groups is 1. The molecule has 1 aromatic heterocycles. The van der Waals surface area contributed by atoms with E-state index in [4.69, 9.17) is 4.42 Å². The van der Waals surface area contributed by atoms with Gasteiger partial charge in [0.1, 0.15) is 5.76 Å². The topological polar surface area (TPSA) is 52.8 Å². The van der Waals surface area contributed by atoms with Crippen molar-refractivity contribution in [2.45, 2.75) is 51.5 Å². The predicted octanol–water partition coefficient (Wildman–Crippen LogP) is 3.78. The highest BCUT2D eigenvalue weighted by Gasteiger charge is 2.25. The van der Waals surface area contributed by atoms with Gasteiger partial charge in [-0.25, -0.2) is 0 Å². The van der Waals surface area contributed by atoms with E-state index in [1.807, 2.05) is 13.1 Å². The molecule has 1 aromatic rings. The lowest BCUT2D eigenvalue weighted by atomic mass is 10.2. The van der Waals surface area contributed by atoms with Crippen molar-refractivity contribution in [3.8, 4) is 0 Å². The lowest BCUT2D eigenvalue weighted by Crippen LogP contribution is -2.42. The van der Waals surface area contributed by atoms with Gasteiger partial charge in [-0.2, -0.15) is 0 Å². The molecule has 1 aliphatic rings. The third-order valence-corrected chi connectivity index (χ3v) is 4.46. The highest BCUT2D eigenvalue weighted by atomic mass is 127. The van der Waals surface area contributed by atoms with Crippen LogP contribution >= 0.6 is 24.0 Å². The number of likely N-dealkylation sites (tertiary alicyclic amines) is 1. The molecule has 6 heteroatoms. The fraction of sp³-hybridized carbons (Fsp3) is 0.722. The van der Waals surface area contributed by atoms with Crippen molar-refractivity contribution in [1.82, 2.24) is 15.5 Å². The molecule has 2 rings (SSSR count). The van der Waals surface area contributed by atoms with Crippen molar-refractivity contribution in [1.29, 1.82) is 0 Å². The fourth-order valence-electron chi connectivity index (χ4n) is 3.12. The van der Waals surface area contributed by atoms with Crippen molar-refractivity contribution in [3.63, 3.8) is 0 Å². The van der Waals surface area contributed by atoms with Crippen LogP contribution in [0.2, 0.25) is 0 Å². The molecule has 24 heavy (non-hydrogen) atoms. The monoisotopic (exact) mass is 448 g/mol. The summed E-state index contributed by atoms with van der Waals surface area (Å²) in [6.45, 7) is 6.34. The smallest absolute Gasteiger partial charge is 0.191 e. The van der Waals surface area contributed by atoms with E-state index in [1.54, 1.807) is 6.26 Å². The molecule has 2 heterocycles. The fourth-order valence-corrected chi connectivity index (χ4v) is 3.12. The Morgan fingerprint density at radius 1 is 1.25 bits per heavy atom. The van der Waals surface area contributed by atoms with E-state index in [0.29, 0.717) is 0 Å². The van der Waals surface area contributed by atoms with Crippen molar-refractivity contribution >= 4 is 29.9 Å². The van der Waals surface area contributed by atoms with E-state index < -0.39 is 0 Å². The van der Waals surface area contributed by atoms with Gasteiger partial charge in [0, 0.05) is 20.1 Å². The summed E-state index contributed by atoms with van der Waals surface area (Å²) >= 11 is 0. The van der Waals surface area contributed by atoms with Crippen LogP contribution in [-0.4, -0.2) is 44.1 Å². The number of nitrogens with zero attached hydrogens (tertiary/aromatic N) is 2. The maximum atomic E-state index is 5.66. The number of nitrogens with one attached hydrogen (secondary N) is 2. The quantitative estimate of drug-likeness (QED) is 0.261. The Bertz CT molecular complexity index is 444. The maximum Gasteiger partial charge on any atom is 0.191 e. The summed E-state index contributed by atoms with van der Waals surface area (Å²) < 4.78 is 5.66. The zero-order valence-corrected chi connectivity index (χ0v) is 17.4. The highest BCUT2D eigenvalue weighted by molar-refractivity contribution is 14.0. The number of halogens is 1. The molecule has 1 atom stereocenters. The van der Waals surface area contributed by atoms with Gasteiger partial charge in [0.15, 0.2) is 5.96 Å². The zero-order valence-electron chi connectivity index (χ0n) is 15.1. The highest BCUT2D eigenvalue weighted by Crippen LogP contribution is 2.24. The molecule has 1 unspecified atom stereocenters. The Morgan fingerprint density at radius 3 is 2.67 bits per heavy atom. The molecule has 0 bridgehead atoms. The summed E-state index contributed by atoms with van der Waals surface area (Å²) in [5, 5.41) is 6.87. The number of hydrogen-bond donors (Lipinski definition) is 2. The molecule has 1 aliphatic heterocycles. The molecule has 0 amide bonds. The first-order chi connectivity index (χ1) is 11.3. The molecule has 0 spiro atoms. The summed E-state index contributed by atoms with van der Waals surface area (Å²) in [6, 6.07) is 4.33. The van der Waals surface area contributed by atoms with Gasteiger partial charge in [-0.05, 0) is 44.5 Å². The number of aliphatic imine (C=N–C) groups is 1. The van der Waals surface area contributed by atoms with Gasteiger partial charge in [-0.1, -0.05) is 26.2 Å². The summed E-state index contributed by atoms with van der Waals surface area (Å²) in [6.07, 6.45) is 9.38. The molecule has 1 fully saturated rings. The largest absolute Gasteiger partial charge is 0.468 e. The molecular weight excluding hydrogens is 415 g/mol. The number of furan rings is 1. The Morgan fingerprint density at radius 2 is 2.04 bits per heavy atom. The Hall–Kier alpha value is -0.760. The second-order valence-corrected chi connectivity index (χ2v) is 6.21. The van der Waals surface area contributed by atoms with E-state index in [0.717, 1.165) is 37.9 Å². The molecule has 0 aliphatic carbocycles. The average Bonchev–Trinajstić information content (AvgIpc) is 3.27. The molecule has 2 N–H and O–H groups in total. The Kier molecular flexibility index (Phi) is 11.2. The minimum absolute atomic E-state index is 0. The van der Waals surface area contributed by atoms with Crippen LogP contribution in [-0.2, 0) is 0 Å². The standard InChI is InChI=1S/C18H32N4O.HI/c1-3-4-5-6-11-20-18(19-2)21-15-16(17-10-9-14-23-17)22-12-7-8-13-22;/h9-10,14,16H,3-8,11-13,15H2,1-2H3,(H2,19,20,21);1H. The lowest BCUT2D eigenvalue weighted by molar-refractivity contribution is 0.215. The third-order valence-electron chi connectivity index (χ3n) is 4.46. The second kappa shape index (κ2) is 12.6. The van der Waals surface area contributed by atoms with Crippen molar-refractivity contribution in [3.05, 3.63) is 24.2 Å². The first kappa shape index (κ1) is 21.3. The third kappa shape index (κ3) is 7.01. The Labute approximate surface area is 163 Å². The van der Waals surface area contributed by atoms with E-state index in [1.165, 1.54) is 38.5 Å². The van der Waals surface area contributed by atoms with E-state index >= 15 is 0 Å². The molecule has 0 radical (unpaired) electrons. The van der Waals surface area contributed by atoms with Gasteiger partial charge in [0.2, 0.25) is 0 Å². The minimum atomic E-state index is 0. The van der Waals surface area contributed by atoms with Crippen LogP contribution in [0.5, 0.6) is 0 Å². The van der Waals surface area contributed by atoms with E-state index in [9.17, 15) is 0 Å². The van der Waals surface area contributed by atoms with Gasteiger partial charge in [-0.15, -0.1) is 24.0 Å². The molecule has 5 nitrogen and oxygen atoms in total. The molecule has 0 saturated carbocycles. The van der Waals surface area contributed by atoms with Gasteiger partial charge >= 0.3 is 0 Å². The molecule has 1 saturated heterocycles. The molecule has 0 aromatic carbocycles. The Balaban J connectivity index is 0.00000288. The zero-order chi connectivity index (χ0) is 16.3.